The molecular weight excluding hydrogens is 444 g/mol. The lowest BCUT2D eigenvalue weighted by molar-refractivity contribution is -0.144. The topological polar surface area (TPSA) is 49.9 Å². The Morgan fingerprint density at radius 3 is 2.41 bits per heavy atom. The van der Waals surface area contributed by atoms with Crippen molar-refractivity contribution in [2.45, 2.75) is 66.3 Å². The van der Waals surface area contributed by atoms with Crippen LogP contribution in [-0.4, -0.2) is 47.9 Å². The van der Waals surface area contributed by atoms with Crippen molar-refractivity contribution in [1.82, 2.24) is 9.80 Å². The van der Waals surface area contributed by atoms with Crippen LogP contribution < -0.4 is 4.74 Å². The summed E-state index contributed by atoms with van der Waals surface area (Å²) in [6, 6.07) is 10.2. The smallest absolute Gasteiger partial charge is 0.242 e. The lowest BCUT2D eigenvalue weighted by Gasteiger charge is -2.37. The van der Waals surface area contributed by atoms with Crippen molar-refractivity contribution in [1.29, 1.82) is 0 Å². The molecule has 186 valence electrons. The maximum Gasteiger partial charge on any atom is 0.242 e. The summed E-state index contributed by atoms with van der Waals surface area (Å²) in [6.45, 7) is 14.2. The molecule has 0 aliphatic carbocycles. The van der Waals surface area contributed by atoms with E-state index >= 15 is 0 Å². The van der Waals surface area contributed by atoms with Gasteiger partial charge in [0.1, 0.15) is 12.4 Å². The lowest BCUT2D eigenvalue weighted by Crippen LogP contribution is -2.48. The second kappa shape index (κ2) is 11.9. The molecule has 0 fully saturated rings. The molecular formula is C28H40N2O3S. The van der Waals surface area contributed by atoms with E-state index in [2.05, 4.69) is 51.3 Å². The number of carbonyl (C=O) groups excluding carboxylic acids is 2. The molecule has 0 saturated carbocycles. The van der Waals surface area contributed by atoms with Crippen molar-refractivity contribution in [2.75, 3.05) is 26.2 Å². The first-order valence-corrected chi connectivity index (χ1v) is 13.4. The monoisotopic (exact) mass is 484 g/mol. The van der Waals surface area contributed by atoms with Crippen LogP contribution >= 0.6 is 11.3 Å². The molecule has 0 saturated heterocycles. The van der Waals surface area contributed by atoms with E-state index in [1.807, 2.05) is 30.9 Å². The zero-order valence-electron chi connectivity index (χ0n) is 21.5. The Morgan fingerprint density at radius 1 is 1.09 bits per heavy atom. The Bertz CT molecular complexity index is 949. The molecule has 0 N–H and O–H groups in total. The second-order valence-corrected chi connectivity index (χ2v) is 11.3. The highest BCUT2D eigenvalue weighted by Gasteiger charge is 2.33. The Labute approximate surface area is 209 Å². The summed E-state index contributed by atoms with van der Waals surface area (Å²) in [5.74, 6) is 1.68. The van der Waals surface area contributed by atoms with Gasteiger partial charge in [-0.25, -0.2) is 0 Å². The number of nitrogens with zero attached hydrogens (tertiary/aromatic N) is 2. The van der Waals surface area contributed by atoms with Crippen molar-refractivity contribution < 1.29 is 14.3 Å². The van der Waals surface area contributed by atoms with Gasteiger partial charge in [-0.2, -0.15) is 0 Å². The molecule has 34 heavy (non-hydrogen) atoms. The summed E-state index contributed by atoms with van der Waals surface area (Å²) < 4.78 is 6.19. The van der Waals surface area contributed by atoms with Gasteiger partial charge in [-0.15, -0.1) is 11.3 Å². The number of amides is 2. The number of hydrogen-bond acceptors (Lipinski definition) is 4. The quantitative estimate of drug-likeness (QED) is 0.421. The van der Waals surface area contributed by atoms with Crippen LogP contribution in [0, 0.1) is 11.8 Å². The summed E-state index contributed by atoms with van der Waals surface area (Å²) in [4.78, 5) is 31.4. The van der Waals surface area contributed by atoms with Crippen molar-refractivity contribution in [3.05, 3.63) is 51.7 Å². The predicted octanol–water partition coefficient (Wildman–Crippen LogP) is 5.91. The number of carbonyl (C=O) groups is 2. The van der Waals surface area contributed by atoms with Gasteiger partial charge in [0.25, 0.3) is 0 Å². The molecule has 1 unspecified atom stereocenters. The van der Waals surface area contributed by atoms with E-state index in [9.17, 15) is 9.59 Å². The average molecular weight is 485 g/mol. The SMILES string of the molecule is CC(C)CCN(CC(=O)N1CCc2sccc2C1COc1ccc(C(C)C)cc1)C(=O)C(C)C. The van der Waals surface area contributed by atoms with Gasteiger partial charge in [0.2, 0.25) is 11.8 Å². The number of hydrogen-bond donors (Lipinski definition) is 0. The van der Waals surface area contributed by atoms with Crippen molar-refractivity contribution >= 4 is 23.2 Å². The highest BCUT2D eigenvalue weighted by molar-refractivity contribution is 7.10. The van der Waals surface area contributed by atoms with E-state index in [0.717, 1.165) is 18.6 Å². The fourth-order valence-electron chi connectivity index (χ4n) is 4.30. The van der Waals surface area contributed by atoms with E-state index in [4.69, 9.17) is 4.74 Å². The van der Waals surface area contributed by atoms with Crippen LogP contribution in [0.3, 0.4) is 0 Å². The Balaban J connectivity index is 1.75. The molecule has 3 rings (SSSR count). The van der Waals surface area contributed by atoms with Crippen LogP contribution in [0.5, 0.6) is 5.75 Å². The molecule has 1 atom stereocenters. The normalized spacial score (nSPS) is 15.7. The van der Waals surface area contributed by atoms with Crippen LogP contribution in [0.1, 0.15) is 75.9 Å². The van der Waals surface area contributed by atoms with Gasteiger partial charge in [-0.1, -0.05) is 53.7 Å². The van der Waals surface area contributed by atoms with Gasteiger partial charge in [-0.3, -0.25) is 9.59 Å². The van der Waals surface area contributed by atoms with Crippen LogP contribution in [0.25, 0.3) is 0 Å². The Morgan fingerprint density at radius 2 is 1.79 bits per heavy atom. The van der Waals surface area contributed by atoms with Crippen LogP contribution in [0.2, 0.25) is 0 Å². The van der Waals surface area contributed by atoms with E-state index in [0.29, 0.717) is 31.5 Å². The molecule has 0 radical (unpaired) electrons. The number of benzene rings is 1. The van der Waals surface area contributed by atoms with Crippen LogP contribution in [0.15, 0.2) is 35.7 Å². The lowest BCUT2D eigenvalue weighted by atomic mass is 10.00. The second-order valence-electron chi connectivity index (χ2n) is 10.3. The molecule has 1 aliphatic heterocycles. The Hall–Kier alpha value is -2.34. The minimum Gasteiger partial charge on any atom is -0.491 e. The van der Waals surface area contributed by atoms with Gasteiger partial charge >= 0.3 is 0 Å². The number of ether oxygens (including phenoxy) is 1. The van der Waals surface area contributed by atoms with E-state index in [1.165, 1.54) is 16.0 Å². The third-order valence-corrected chi connectivity index (χ3v) is 7.47. The van der Waals surface area contributed by atoms with Gasteiger partial charge in [0, 0.05) is 23.9 Å². The first-order chi connectivity index (χ1) is 16.2. The zero-order valence-corrected chi connectivity index (χ0v) is 22.4. The third kappa shape index (κ3) is 6.62. The number of fused-ring (bicyclic) bond motifs is 1. The number of thiophene rings is 1. The summed E-state index contributed by atoms with van der Waals surface area (Å²) >= 11 is 1.75. The molecule has 2 aromatic rings. The summed E-state index contributed by atoms with van der Waals surface area (Å²) in [6.07, 6.45) is 1.74. The molecule has 1 aromatic heterocycles. The average Bonchev–Trinajstić information content (AvgIpc) is 3.28. The largest absolute Gasteiger partial charge is 0.491 e. The molecule has 1 aromatic carbocycles. The summed E-state index contributed by atoms with van der Waals surface area (Å²) in [5.41, 5.74) is 2.45. The minimum atomic E-state index is -0.145. The minimum absolute atomic E-state index is 0.00152. The summed E-state index contributed by atoms with van der Waals surface area (Å²) in [7, 11) is 0. The van der Waals surface area contributed by atoms with E-state index in [-0.39, 0.29) is 30.3 Å². The van der Waals surface area contributed by atoms with Crippen LogP contribution in [0.4, 0.5) is 0 Å². The van der Waals surface area contributed by atoms with E-state index < -0.39 is 0 Å². The maximum atomic E-state index is 13.5. The predicted molar refractivity (Wildman–Crippen MR) is 139 cm³/mol. The maximum absolute atomic E-state index is 13.5. The van der Waals surface area contributed by atoms with E-state index in [1.54, 1.807) is 16.2 Å². The molecule has 5 nitrogen and oxygen atoms in total. The van der Waals surface area contributed by atoms with Crippen molar-refractivity contribution in [2.24, 2.45) is 11.8 Å². The molecule has 2 heterocycles. The summed E-state index contributed by atoms with van der Waals surface area (Å²) in [5, 5.41) is 2.10. The van der Waals surface area contributed by atoms with Gasteiger partial charge < -0.3 is 14.5 Å². The van der Waals surface area contributed by atoms with Crippen molar-refractivity contribution in [3.8, 4) is 5.75 Å². The molecule has 1 aliphatic rings. The highest BCUT2D eigenvalue weighted by Crippen LogP contribution is 2.34. The zero-order chi connectivity index (χ0) is 24.8. The third-order valence-electron chi connectivity index (χ3n) is 6.48. The molecule has 6 heteroatoms. The fraction of sp³-hybridized carbons (Fsp3) is 0.571. The molecule has 2 amide bonds. The molecule has 0 bridgehead atoms. The van der Waals surface area contributed by atoms with Crippen LogP contribution in [-0.2, 0) is 16.0 Å². The van der Waals surface area contributed by atoms with Gasteiger partial charge in [0.05, 0.1) is 12.6 Å². The van der Waals surface area contributed by atoms with Gasteiger partial charge in [-0.05, 0) is 59.4 Å². The fourth-order valence-corrected chi connectivity index (χ4v) is 5.23. The standard InChI is InChI=1S/C28H40N2O3S/c1-19(2)11-14-29(28(32)21(5)6)17-27(31)30-15-12-26-24(13-16-34-26)25(30)18-33-23-9-7-22(8-10-23)20(3)4/h7-10,13,16,19-21,25H,11-12,14-15,17-18H2,1-6H3. The number of rotatable bonds is 10. The first-order valence-electron chi connectivity index (χ1n) is 12.5. The van der Waals surface area contributed by atoms with Gasteiger partial charge in [0.15, 0.2) is 0 Å². The Kier molecular flexibility index (Phi) is 9.17. The van der Waals surface area contributed by atoms with Crippen molar-refractivity contribution in [3.63, 3.8) is 0 Å². The first kappa shape index (κ1) is 26.3. The molecule has 0 spiro atoms. The highest BCUT2D eigenvalue weighted by atomic mass is 32.1.